The van der Waals surface area contributed by atoms with Crippen LogP contribution in [0.15, 0.2) is 0 Å². The highest BCUT2D eigenvalue weighted by molar-refractivity contribution is 8.00. The lowest BCUT2D eigenvalue weighted by Crippen LogP contribution is -2.48. The van der Waals surface area contributed by atoms with Crippen LogP contribution < -0.4 is 0 Å². The summed E-state index contributed by atoms with van der Waals surface area (Å²) in [6, 6.07) is 0. The summed E-state index contributed by atoms with van der Waals surface area (Å²) in [7, 11) is 3.66. The fourth-order valence-corrected chi connectivity index (χ4v) is 2.46. The molecular weight excluding hydrogens is 158 g/mol. The lowest BCUT2D eigenvalue weighted by molar-refractivity contribution is -0.133. The molecule has 1 amide bonds. The van der Waals surface area contributed by atoms with Crippen LogP contribution in [0.3, 0.4) is 0 Å². The molecule has 0 aromatic carbocycles. The van der Waals surface area contributed by atoms with Gasteiger partial charge in [-0.1, -0.05) is 0 Å². The SMILES string of the molecule is CSC1(C(=O)N(C)C)CCC1. The summed E-state index contributed by atoms with van der Waals surface area (Å²) in [6.45, 7) is 0. The quantitative estimate of drug-likeness (QED) is 0.628. The number of thioether (sulfide) groups is 1. The molecule has 0 spiro atoms. The summed E-state index contributed by atoms with van der Waals surface area (Å²) in [5.41, 5.74) is 0. The van der Waals surface area contributed by atoms with E-state index in [1.165, 1.54) is 6.42 Å². The summed E-state index contributed by atoms with van der Waals surface area (Å²) < 4.78 is -0.0521. The van der Waals surface area contributed by atoms with Crippen molar-refractivity contribution in [3.8, 4) is 0 Å². The minimum absolute atomic E-state index is 0.0521. The largest absolute Gasteiger partial charge is 0.348 e. The minimum Gasteiger partial charge on any atom is -0.348 e. The third kappa shape index (κ3) is 1.39. The molecule has 1 rings (SSSR count). The molecule has 0 saturated heterocycles. The zero-order chi connectivity index (χ0) is 8.48. The molecule has 0 bridgehead atoms. The van der Waals surface area contributed by atoms with Crippen molar-refractivity contribution in [2.24, 2.45) is 0 Å². The third-order valence-electron chi connectivity index (χ3n) is 2.35. The number of carbonyl (C=O) groups excluding carboxylic acids is 1. The van der Waals surface area contributed by atoms with Crippen LogP contribution in [0.1, 0.15) is 19.3 Å². The van der Waals surface area contributed by atoms with E-state index in [1.54, 1.807) is 16.7 Å². The third-order valence-corrected chi connectivity index (χ3v) is 3.71. The van der Waals surface area contributed by atoms with Gasteiger partial charge in [-0.05, 0) is 25.5 Å². The van der Waals surface area contributed by atoms with E-state index in [-0.39, 0.29) is 10.7 Å². The number of rotatable bonds is 2. The van der Waals surface area contributed by atoms with E-state index in [1.807, 2.05) is 20.4 Å². The van der Waals surface area contributed by atoms with Crippen molar-refractivity contribution in [2.45, 2.75) is 24.0 Å². The lowest BCUT2D eigenvalue weighted by atomic mass is 9.83. The van der Waals surface area contributed by atoms with Crippen LogP contribution in [0.4, 0.5) is 0 Å². The Labute approximate surface area is 72.3 Å². The molecule has 0 heterocycles. The molecule has 11 heavy (non-hydrogen) atoms. The van der Waals surface area contributed by atoms with E-state index in [9.17, 15) is 4.79 Å². The predicted molar refractivity (Wildman–Crippen MR) is 48.8 cm³/mol. The van der Waals surface area contributed by atoms with Gasteiger partial charge < -0.3 is 4.90 Å². The van der Waals surface area contributed by atoms with Crippen LogP contribution in [0.25, 0.3) is 0 Å². The molecule has 0 aromatic heterocycles. The molecule has 3 heteroatoms. The predicted octanol–water partition coefficient (Wildman–Crippen LogP) is 1.36. The first-order valence-corrected chi connectivity index (χ1v) is 5.12. The smallest absolute Gasteiger partial charge is 0.238 e. The first kappa shape index (κ1) is 8.91. The zero-order valence-electron chi connectivity index (χ0n) is 7.39. The van der Waals surface area contributed by atoms with Gasteiger partial charge in [-0.2, -0.15) is 0 Å². The Hall–Kier alpha value is -0.180. The maximum Gasteiger partial charge on any atom is 0.238 e. The number of carbonyl (C=O) groups is 1. The fourth-order valence-electron chi connectivity index (χ4n) is 1.41. The molecule has 1 aliphatic rings. The summed E-state index contributed by atoms with van der Waals surface area (Å²) >= 11 is 1.70. The van der Waals surface area contributed by atoms with Crippen molar-refractivity contribution >= 4 is 17.7 Å². The highest BCUT2D eigenvalue weighted by Gasteiger charge is 2.44. The molecule has 0 N–H and O–H groups in total. The van der Waals surface area contributed by atoms with E-state index < -0.39 is 0 Å². The van der Waals surface area contributed by atoms with Gasteiger partial charge in [0.05, 0.1) is 4.75 Å². The monoisotopic (exact) mass is 173 g/mol. The minimum atomic E-state index is -0.0521. The van der Waals surface area contributed by atoms with Crippen molar-refractivity contribution in [1.29, 1.82) is 0 Å². The Morgan fingerprint density at radius 1 is 1.45 bits per heavy atom. The second-order valence-corrected chi connectivity index (χ2v) is 4.44. The Balaban J connectivity index is 2.62. The van der Waals surface area contributed by atoms with Gasteiger partial charge in [-0.25, -0.2) is 0 Å². The summed E-state index contributed by atoms with van der Waals surface area (Å²) in [5, 5.41) is 0. The second kappa shape index (κ2) is 3.05. The molecule has 1 aliphatic carbocycles. The Kier molecular flexibility index (Phi) is 2.47. The van der Waals surface area contributed by atoms with E-state index in [4.69, 9.17) is 0 Å². The van der Waals surface area contributed by atoms with Crippen molar-refractivity contribution in [3.05, 3.63) is 0 Å². The van der Waals surface area contributed by atoms with Gasteiger partial charge in [-0.3, -0.25) is 4.79 Å². The molecule has 0 radical (unpaired) electrons. The van der Waals surface area contributed by atoms with E-state index in [0.29, 0.717) is 0 Å². The maximum atomic E-state index is 11.6. The fraction of sp³-hybridized carbons (Fsp3) is 0.875. The van der Waals surface area contributed by atoms with Crippen LogP contribution in [0.5, 0.6) is 0 Å². The first-order chi connectivity index (χ1) is 5.12. The van der Waals surface area contributed by atoms with Gasteiger partial charge >= 0.3 is 0 Å². The average Bonchev–Trinajstić information content (AvgIpc) is 1.86. The highest BCUT2D eigenvalue weighted by Crippen LogP contribution is 2.43. The number of nitrogens with zero attached hydrogens (tertiary/aromatic N) is 1. The van der Waals surface area contributed by atoms with Crippen LogP contribution in [-0.2, 0) is 4.79 Å². The Bertz CT molecular complexity index is 158. The second-order valence-electron chi connectivity index (χ2n) is 3.25. The number of amides is 1. The van der Waals surface area contributed by atoms with Gasteiger partial charge in [-0.15, -0.1) is 11.8 Å². The van der Waals surface area contributed by atoms with Crippen molar-refractivity contribution in [1.82, 2.24) is 4.90 Å². The standard InChI is InChI=1S/C8H15NOS/c1-9(2)7(10)8(11-3)5-4-6-8/h4-6H2,1-3H3. The molecule has 0 atom stereocenters. The molecule has 2 nitrogen and oxygen atoms in total. The molecule has 0 unspecified atom stereocenters. The van der Waals surface area contributed by atoms with Crippen molar-refractivity contribution in [3.63, 3.8) is 0 Å². The summed E-state index contributed by atoms with van der Waals surface area (Å²) in [6.07, 6.45) is 5.36. The number of hydrogen-bond donors (Lipinski definition) is 0. The molecule has 64 valence electrons. The van der Waals surface area contributed by atoms with Gasteiger partial charge in [0.2, 0.25) is 5.91 Å². The van der Waals surface area contributed by atoms with Crippen LogP contribution >= 0.6 is 11.8 Å². The van der Waals surface area contributed by atoms with Gasteiger partial charge in [0.25, 0.3) is 0 Å². The molecule has 1 fully saturated rings. The van der Waals surface area contributed by atoms with Gasteiger partial charge in [0.1, 0.15) is 0 Å². The molecular formula is C8H15NOS. The molecule has 0 aliphatic heterocycles. The topological polar surface area (TPSA) is 20.3 Å². The van der Waals surface area contributed by atoms with Crippen LogP contribution in [-0.4, -0.2) is 35.9 Å². The van der Waals surface area contributed by atoms with E-state index >= 15 is 0 Å². The molecule has 0 aromatic rings. The maximum absolute atomic E-state index is 11.6. The van der Waals surface area contributed by atoms with Crippen LogP contribution in [0.2, 0.25) is 0 Å². The summed E-state index contributed by atoms with van der Waals surface area (Å²) in [5.74, 6) is 0.288. The Morgan fingerprint density at radius 3 is 2.09 bits per heavy atom. The van der Waals surface area contributed by atoms with E-state index in [0.717, 1.165) is 12.8 Å². The van der Waals surface area contributed by atoms with Crippen LogP contribution in [0, 0.1) is 0 Å². The van der Waals surface area contributed by atoms with Crippen molar-refractivity contribution < 1.29 is 4.79 Å². The Morgan fingerprint density at radius 2 is 2.00 bits per heavy atom. The lowest BCUT2D eigenvalue weighted by Gasteiger charge is -2.40. The average molecular weight is 173 g/mol. The highest BCUT2D eigenvalue weighted by atomic mass is 32.2. The summed E-state index contributed by atoms with van der Waals surface area (Å²) in [4.78, 5) is 13.3. The zero-order valence-corrected chi connectivity index (χ0v) is 8.20. The van der Waals surface area contributed by atoms with Gasteiger partial charge in [0.15, 0.2) is 0 Å². The van der Waals surface area contributed by atoms with Crippen molar-refractivity contribution in [2.75, 3.05) is 20.4 Å². The first-order valence-electron chi connectivity index (χ1n) is 3.89. The van der Waals surface area contributed by atoms with E-state index in [2.05, 4.69) is 0 Å². The normalized spacial score (nSPS) is 20.6. The van der Waals surface area contributed by atoms with Gasteiger partial charge in [0, 0.05) is 14.1 Å². The molecule has 1 saturated carbocycles. The number of hydrogen-bond acceptors (Lipinski definition) is 2.